The molecule has 46 heavy (non-hydrogen) atoms. The van der Waals surface area contributed by atoms with Crippen LogP contribution >= 0.6 is 11.3 Å². The number of hydrogen-bond donors (Lipinski definition) is 0. The van der Waals surface area contributed by atoms with Gasteiger partial charge in [-0.15, -0.1) is 0 Å². The number of esters is 2. The molecule has 8 nitrogen and oxygen atoms in total. The molecule has 6 rings (SSSR count). The minimum Gasteiger partial charge on any atom is -0.463 e. The van der Waals surface area contributed by atoms with E-state index in [1.54, 1.807) is 35.8 Å². The standard InChI is InChI=1S/C37H32N2O6S/c1-5-43-36(42)31-32(24-12-8-6-9-13-24)38-37-39(33(31)25-14-10-7-11-15-25)34(40)30(46-37)21-27-17-19-29(45-27)28-18-16-26(20-23(28)4)35(41)44-22(2)3/h6-22,33H,5H2,1-4H3/b30-21+/t33-/m1/s1. The van der Waals surface area contributed by atoms with E-state index in [1.807, 2.05) is 93.6 Å². The molecule has 1 atom stereocenters. The highest BCUT2D eigenvalue weighted by Crippen LogP contribution is 2.35. The summed E-state index contributed by atoms with van der Waals surface area (Å²) in [6.45, 7) is 7.45. The Bertz CT molecular complexity index is 2140. The van der Waals surface area contributed by atoms with Crippen LogP contribution in [-0.2, 0) is 14.3 Å². The predicted molar refractivity (Wildman–Crippen MR) is 177 cm³/mol. The van der Waals surface area contributed by atoms with Crippen LogP contribution in [-0.4, -0.2) is 29.2 Å². The molecule has 1 aliphatic heterocycles. The first-order valence-electron chi connectivity index (χ1n) is 15.0. The maximum atomic E-state index is 14.1. The number of fused-ring (bicyclic) bond motifs is 1. The Labute approximate surface area is 269 Å². The molecule has 2 aromatic heterocycles. The van der Waals surface area contributed by atoms with Crippen LogP contribution in [0.2, 0.25) is 0 Å². The number of carbonyl (C=O) groups is 2. The fourth-order valence-electron chi connectivity index (χ4n) is 5.44. The summed E-state index contributed by atoms with van der Waals surface area (Å²) in [7, 11) is 0. The molecule has 0 amide bonds. The van der Waals surface area contributed by atoms with Gasteiger partial charge in [-0.05, 0) is 63.1 Å². The fourth-order valence-corrected chi connectivity index (χ4v) is 6.43. The third kappa shape index (κ3) is 6.01. The number of nitrogens with zero attached hydrogens (tertiary/aromatic N) is 2. The van der Waals surface area contributed by atoms with E-state index in [0.29, 0.717) is 37.7 Å². The van der Waals surface area contributed by atoms with Gasteiger partial charge in [-0.25, -0.2) is 14.6 Å². The van der Waals surface area contributed by atoms with Crippen molar-refractivity contribution in [2.75, 3.05) is 6.61 Å². The first kappa shape index (κ1) is 30.7. The molecular formula is C37H32N2O6S. The van der Waals surface area contributed by atoms with Gasteiger partial charge in [0.15, 0.2) is 4.80 Å². The van der Waals surface area contributed by atoms with E-state index in [9.17, 15) is 14.4 Å². The molecule has 1 aliphatic rings. The number of furan rings is 1. The second-order valence-corrected chi connectivity index (χ2v) is 12.0. The molecule has 9 heteroatoms. The SMILES string of the molecule is CCOC(=O)C1=C(c2ccccc2)N=c2s/c(=C/c3ccc(-c4ccc(C(=O)OC(C)C)cc4C)o3)c(=O)n2[C@@H]1c1ccccc1. The third-order valence-corrected chi connectivity index (χ3v) is 8.44. The fraction of sp³-hybridized carbons (Fsp3) is 0.189. The van der Waals surface area contributed by atoms with Crippen molar-refractivity contribution in [3.8, 4) is 11.3 Å². The summed E-state index contributed by atoms with van der Waals surface area (Å²) in [5, 5.41) is 0. The van der Waals surface area contributed by atoms with Gasteiger partial charge in [0.25, 0.3) is 5.56 Å². The molecule has 0 unspecified atom stereocenters. The Balaban J connectivity index is 1.46. The van der Waals surface area contributed by atoms with Gasteiger partial charge in [0.1, 0.15) is 11.5 Å². The van der Waals surface area contributed by atoms with E-state index >= 15 is 0 Å². The number of hydrogen-bond acceptors (Lipinski definition) is 8. The quantitative estimate of drug-likeness (QED) is 0.193. The van der Waals surface area contributed by atoms with Crippen LogP contribution in [0.3, 0.4) is 0 Å². The van der Waals surface area contributed by atoms with Crippen molar-refractivity contribution in [3.05, 3.63) is 144 Å². The Morgan fingerprint density at radius 3 is 2.37 bits per heavy atom. The number of benzene rings is 3. The molecular weight excluding hydrogens is 600 g/mol. The van der Waals surface area contributed by atoms with Gasteiger partial charge >= 0.3 is 11.9 Å². The lowest BCUT2D eigenvalue weighted by Crippen LogP contribution is -2.39. The predicted octanol–water partition coefficient (Wildman–Crippen LogP) is 6.07. The highest BCUT2D eigenvalue weighted by molar-refractivity contribution is 7.07. The lowest BCUT2D eigenvalue weighted by molar-refractivity contribution is -0.138. The second-order valence-electron chi connectivity index (χ2n) is 11.0. The molecule has 0 spiro atoms. The van der Waals surface area contributed by atoms with E-state index in [2.05, 4.69) is 0 Å². The van der Waals surface area contributed by atoms with Gasteiger partial charge in [0, 0.05) is 17.2 Å². The molecule has 0 saturated carbocycles. The van der Waals surface area contributed by atoms with Crippen LogP contribution in [0.4, 0.5) is 0 Å². The van der Waals surface area contributed by atoms with Gasteiger partial charge < -0.3 is 13.9 Å². The monoisotopic (exact) mass is 632 g/mol. The smallest absolute Gasteiger partial charge is 0.338 e. The number of ether oxygens (including phenoxy) is 2. The first-order chi connectivity index (χ1) is 22.2. The van der Waals surface area contributed by atoms with Crippen LogP contribution in [0, 0.1) is 6.92 Å². The van der Waals surface area contributed by atoms with Crippen molar-refractivity contribution in [1.82, 2.24) is 4.57 Å². The van der Waals surface area contributed by atoms with Crippen LogP contribution in [0.1, 0.15) is 59.6 Å². The van der Waals surface area contributed by atoms with Crippen LogP contribution in [0.25, 0.3) is 23.1 Å². The first-order valence-corrected chi connectivity index (χ1v) is 15.8. The largest absolute Gasteiger partial charge is 0.463 e. The van der Waals surface area contributed by atoms with Gasteiger partial charge in [0.2, 0.25) is 0 Å². The van der Waals surface area contributed by atoms with Crippen LogP contribution in [0.5, 0.6) is 0 Å². The van der Waals surface area contributed by atoms with Crippen molar-refractivity contribution in [1.29, 1.82) is 0 Å². The van der Waals surface area contributed by atoms with Gasteiger partial charge in [-0.2, -0.15) is 0 Å². The van der Waals surface area contributed by atoms with E-state index in [4.69, 9.17) is 18.9 Å². The van der Waals surface area contributed by atoms with Crippen molar-refractivity contribution in [2.24, 2.45) is 4.99 Å². The van der Waals surface area contributed by atoms with Gasteiger partial charge in [-0.1, -0.05) is 78.1 Å². The number of thiazole rings is 1. The molecule has 5 aromatic rings. The molecule has 3 aromatic carbocycles. The van der Waals surface area contributed by atoms with Crippen LogP contribution in [0.15, 0.2) is 111 Å². The molecule has 232 valence electrons. The van der Waals surface area contributed by atoms with Crippen molar-refractivity contribution in [2.45, 2.75) is 39.8 Å². The minimum absolute atomic E-state index is 0.182. The molecule has 0 N–H and O–H groups in total. The number of aromatic nitrogens is 1. The Hall–Kier alpha value is -5.28. The molecule has 0 bridgehead atoms. The highest BCUT2D eigenvalue weighted by atomic mass is 32.1. The summed E-state index contributed by atoms with van der Waals surface area (Å²) >= 11 is 1.23. The maximum absolute atomic E-state index is 14.1. The van der Waals surface area contributed by atoms with Crippen molar-refractivity contribution in [3.63, 3.8) is 0 Å². The van der Waals surface area contributed by atoms with E-state index in [0.717, 1.165) is 22.3 Å². The summed E-state index contributed by atoms with van der Waals surface area (Å²) in [5.41, 5.74) is 4.12. The Kier molecular flexibility index (Phi) is 8.68. The topological polar surface area (TPSA) is 100 Å². The second kappa shape index (κ2) is 13.0. The van der Waals surface area contributed by atoms with E-state index in [-0.39, 0.29) is 24.2 Å². The zero-order valence-corrected chi connectivity index (χ0v) is 26.7. The summed E-state index contributed by atoms with van der Waals surface area (Å²) in [6, 6.07) is 27.1. The van der Waals surface area contributed by atoms with E-state index < -0.39 is 12.0 Å². The molecule has 0 aliphatic carbocycles. The highest BCUT2D eigenvalue weighted by Gasteiger charge is 2.35. The average molecular weight is 633 g/mol. The number of aryl methyl sites for hydroxylation is 1. The molecule has 0 saturated heterocycles. The zero-order valence-electron chi connectivity index (χ0n) is 25.9. The minimum atomic E-state index is -0.746. The summed E-state index contributed by atoms with van der Waals surface area (Å²) in [5.74, 6) is 0.170. The molecule has 0 radical (unpaired) electrons. The van der Waals surface area contributed by atoms with Crippen LogP contribution < -0.4 is 14.9 Å². The average Bonchev–Trinajstić information content (AvgIpc) is 3.64. The number of carbonyl (C=O) groups excluding carboxylic acids is 2. The van der Waals surface area contributed by atoms with E-state index in [1.165, 1.54) is 11.3 Å². The number of rotatable bonds is 8. The summed E-state index contributed by atoms with van der Waals surface area (Å²) in [6.07, 6.45) is 1.48. The normalized spacial score (nSPS) is 14.6. The Morgan fingerprint density at radius 2 is 1.70 bits per heavy atom. The van der Waals surface area contributed by atoms with Gasteiger partial charge in [0.05, 0.1) is 40.1 Å². The lowest BCUT2D eigenvalue weighted by atomic mass is 9.93. The van der Waals surface area contributed by atoms with Crippen molar-refractivity contribution >= 4 is 35.0 Å². The van der Waals surface area contributed by atoms with Crippen molar-refractivity contribution < 1.29 is 23.5 Å². The molecule has 3 heterocycles. The zero-order chi connectivity index (χ0) is 32.4. The summed E-state index contributed by atoms with van der Waals surface area (Å²) < 4.78 is 19.0. The lowest BCUT2D eigenvalue weighted by Gasteiger charge is -2.25. The van der Waals surface area contributed by atoms with Gasteiger partial charge in [-0.3, -0.25) is 9.36 Å². The summed E-state index contributed by atoms with van der Waals surface area (Å²) in [4.78, 5) is 45.4. The Morgan fingerprint density at radius 1 is 0.978 bits per heavy atom. The molecule has 0 fully saturated rings. The maximum Gasteiger partial charge on any atom is 0.338 e. The third-order valence-electron chi connectivity index (χ3n) is 7.46.